The number of aliphatic imine (C=N–C) groups is 4. The zero-order valence-corrected chi connectivity index (χ0v) is 33.3. The number of amidine groups is 3. The van der Waals surface area contributed by atoms with E-state index in [4.69, 9.17) is 20.0 Å². The van der Waals surface area contributed by atoms with Gasteiger partial charge in [-0.1, -0.05) is 78.9 Å². The van der Waals surface area contributed by atoms with E-state index >= 15 is 0 Å². The Morgan fingerprint density at radius 2 is 0.949 bits per heavy atom. The molecule has 8 nitrogen and oxygen atoms in total. The quantitative estimate of drug-likeness (QED) is 0.130. The number of benzene rings is 6. The molecule has 59 heavy (non-hydrogen) atoms. The van der Waals surface area contributed by atoms with Gasteiger partial charge in [0.1, 0.15) is 5.84 Å². The summed E-state index contributed by atoms with van der Waals surface area (Å²) in [5.41, 5.74) is 12.1. The summed E-state index contributed by atoms with van der Waals surface area (Å²) in [4.78, 5) is 25.7. The first-order valence-corrected chi connectivity index (χ1v) is 20.4. The molecule has 0 amide bonds. The van der Waals surface area contributed by atoms with Gasteiger partial charge < -0.3 is 20.4 Å². The molecular weight excluding hydrogens is 725 g/mol. The lowest BCUT2D eigenvalue weighted by Crippen LogP contribution is -2.17. The number of anilines is 8. The molecular formula is C51H46N8. The normalized spacial score (nSPS) is 17.0. The molecule has 290 valence electrons. The minimum Gasteiger partial charge on any atom is -0.385 e. The largest absolute Gasteiger partial charge is 0.385 e. The summed E-state index contributed by atoms with van der Waals surface area (Å²) < 4.78 is 0. The maximum atomic E-state index is 5.35. The smallest absolute Gasteiger partial charge is 0.163 e. The SMILES string of the molecule is CCNc1cc(N(c2ccccc2)c2ccccc2)ccc1C1=NC2=NC(c3ccc(N(c4ccccc4)c4ccccc4)cc3NCC)=N/C3=C/C=C\C(=N1)CC2C3. The van der Waals surface area contributed by atoms with Crippen LogP contribution in [0.2, 0.25) is 0 Å². The molecule has 3 bridgehead atoms. The van der Waals surface area contributed by atoms with E-state index in [0.29, 0.717) is 11.7 Å². The number of nitrogens with one attached hydrogen (secondary N) is 2. The minimum absolute atomic E-state index is 0.0192. The predicted molar refractivity (Wildman–Crippen MR) is 248 cm³/mol. The fourth-order valence-electron chi connectivity index (χ4n) is 7.93. The number of allylic oxidation sites excluding steroid dienone is 4. The number of hydrogen-bond acceptors (Lipinski definition) is 8. The van der Waals surface area contributed by atoms with Crippen LogP contribution in [0.1, 0.15) is 37.8 Å². The molecule has 9 rings (SSSR count). The zero-order chi connectivity index (χ0) is 40.0. The second kappa shape index (κ2) is 17.0. The minimum atomic E-state index is 0.0192. The van der Waals surface area contributed by atoms with E-state index < -0.39 is 0 Å². The Bertz CT molecular complexity index is 2410. The summed E-state index contributed by atoms with van der Waals surface area (Å²) in [7, 11) is 0. The van der Waals surface area contributed by atoms with Crippen LogP contribution < -0.4 is 20.4 Å². The Labute approximate surface area is 346 Å². The lowest BCUT2D eigenvalue weighted by atomic mass is 9.94. The second-order valence-corrected chi connectivity index (χ2v) is 14.6. The summed E-state index contributed by atoms with van der Waals surface area (Å²) >= 11 is 0. The lowest BCUT2D eigenvalue weighted by molar-refractivity contribution is 0.709. The van der Waals surface area contributed by atoms with Crippen LogP contribution in [0.5, 0.6) is 0 Å². The van der Waals surface area contributed by atoms with Crippen molar-refractivity contribution in [2.75, 3.05) is 33.5 Å². The van der Waals surface area contributed by atoms with Gasteiger partial charge in [0.2, 0.25) is 0 Å². The summed E-state index contributed by atoms with van der Waals surface area (Å²) in [6.07, 6.45) is 7.69. The average molecular weight is 771 g/mol. The summed E-state index contributed by atoms with van der Waals surface area (Å²) in [6, 6.07) is 54.8. The third kappa shape index (κ3) is 7.98. The van der Waals surface area contributed by atoms with Gasteiger partial charge in [0.25, 0.3) is 0 Å². The van der Waals surface area contributed by atoms with E-state index in [9.17, 15) is 0 Å². The monoisotopic (exact) mass is 770 g/mol. The summed E-state index contributed by atoms with van der Waals surface area (Å²) in [5, 5.41) is 7.29. The van der Waals surface area contributed by atoms with Crippen molar-refractivity contribution in [3.63, 3.8) is 0 Å². The third-order valence-electron chi connectivity index (χ3n) is 10.6. The topological polar surface area (TPSA) is 80.0 Å². The van der Waals surface area contributed by atoms with Crippen molar-refractivity contribution in [2.24, 2.45) is 25.9 Å². The number of hydrogen-bond donors (Lipinski definition) is 2. The van der Waals surface area contributed by atoms with E-state index in [0.717, 1.165) is 99.8 Å². The van der Waals surface area contributed by atoms with Gasteiger partial charge in [-0.05, 0) is 111 Å². The van der Waals surface area contributed by atoms with E-state index in [2.05, 4.69) is 186 Å². The van der Waals surface area contributed by atoms with E-state index in [1.54, 1.807) is 0 Å². The highest BCUT2D eigenvalue weighted by atomic mass is 15.2. The Morgan fingerprint density at radius 3 is 1.41 bits per heavy atom. The molecule has 0 saturated carbocycles. The highest BCUT2D eigenvalue weighted by molar-refractivity contribution is 6.21. The Hall–Kier alpha value is -7.32. The van der Waals surface area contributed by atoms with Gasteiger partial charge >= 0.3 is 0 Å². The van der Waals surface area contributed by atoms with Gasteiger partial charge in [-0.2, -0.15) is 0 Å². The Morgan fingerprint density at radius 1 is 0.492 bits per heavy atom. The van der Waals surface area contributed by atoms with E-state index in [-0.39, 0.29) is 5.92 Å². The zero-order valence-electron chi connectivity index (χ0n) is 33.3. The molecule has 0 spiro atoms. The Kier molecular flexibility index (Phi) is 10.8. The highest BCUT2D eigenvalue weighted by Crippen LogP contribution is 2.39. The molecule has 1 aliphatic carbocycles. The van der Waals surface area contributed by atoms with Crippen LogP contribution in [0.4, 0.5) is 45.5 Å². The van der Waals surface area contributed by atoms with Crippen molar-refractivity contribution in [2.45, 2.75) is 26.7 Å². The molecule has 8 heteroatoms. The predicted octanol–water partition coefficient (Wildman–Crippen LogP) is 12.4. The van der Waals surface area contributed by atoms with Crippen LogP contribution in [0.15, 0.2) is 202 Å². The highest BCUT2D eigenvalue weighted by Gasteiger charge is 2.29. The molecule has 2 heterocycles. The molecule has 3 aliphatic rings. The van der Waals surface area contributed by atoms with Crippen LogP contribution in [-0.4, -0.2) is 36.3 Å². The lowest BCUT2D eigenvalue weighted by Gasteiger charge is -2.26. The maximum Gasteiger partial charge on any atom is 0.163 e. The fourth-order valence-corrected chi connectivity index (χ4v) is 7.93. The van der Waals surface area contributed by atoms with Gasteiger partial charge in [-0.25, -0.2) is 20.0 Å². The second-order valence-electron chi connectivity index (χ2n) is 14.6. The molecule has 1 unspecified atom stereocenters. The number of fused-ring (bicyclic) bond motifs is 2. The van der Waals surface area contributed by atoms with E-state index in [1.807, 2.05) is 24.3 Å². The van der Waals surface area contributed by atoms with Crippen molar-refractivity contribution in [3.8, 4) is 0 Å². The van der Waals surface area contributed by atoms with Crippen LogP contribution in [-0.2, 0) is 0 Å². The van der Waals surface area contributed by atoms with Gasteiger partial charge in [0, 0.05) is 99.9 Å². The maximum absolute atomic E-state index is 5.35. The summed E-state index contributed by atoms with van der Waals surface area (Å²) in [6.45, 7) is 5.70. The van der Waals surface area contributed by atoms with E-state index in [1.165, 1.54) is 0 Å². The molecule has 1 atom stereocenters. The number of para-hydroxylation sites is 4. The molecule has 2 aliphatic heterocycles. The van der Waals surface area contributed by atoms with Crippen LogP contribution in [0.3, 0.4) is 0 Å². The van der Waals surface area contributed by atoms with Crippen molar-refractivity contribution in [1.29, 1.82) is 0 Å². The molecule has 0 aromatic heterocycles. The molecule has 6 aromatic rings. The molecule has 0 fully saturated rings. The average Bonchev–Trinajstić information content (AvgIpc) is 3.56. The van der Waals surface area contributed by atoms with Crippen molar-refractivity contribution in [1.82, 2.24) is 0 Å². The number of nitrogens with zero attached hydrogens (tertiary/aromatic N) is 6. The summed E-state index contributed by atoms with van der Waals surface area (Å²) in [5.74, 6) is 2.02. The molecule has 0 saturated heterocycles. The van der Waals surface area contributed by atoms with Crippen LogP contribution >= 0.6 is 0 Å². The van der Waals surface area contributed by atoms with Crippen molar-refractivity contribution in [3.05, 3.63) is 193 Å². The first-order valence-electron chi connectivity index (χ1n) is 20.4. The third-order valence-corrected chi connectivity index (χ3v) is 10.6. The van der Waals surface area contributed by atoms with Gasteiger partial charge in [-0.3, -0.25) is 0 Å². The fraction of sp³-hybridized carbons (Fsp3) is 0.137. The molecule has 6 aromatic carbocycles. The van der Waals surface area contributed by atoms with Gasteiger partial charge in [0.05, 0.1) is 0 Å². The van der Waals surface area contributed by atoms with Crippen molar-refractivity contribution >= 4 is 68.7 Å². The standard InChI is InChI=1S/C51H46N8/c1-3-52-47-34-43(58(39-20-9-5-10-21-39)40-22-11-6-12-23-40)28-30-45(47)50-54-37-18-17-19-38-33-36(32-37)49(56-50)57-51(55-38)46-31-29-44(35-48(46)53-4-2)59(41-24-13-7-14-25-41)42-26-15-8-16-27-42/h5-31,34-36,52-53H,3-4,32-33H2,1-2H3/b18-17-,19-17?,37-18?,38-19+. The Balaban J connectivity index is 1.14. The molecule has 0 radical (unpaired) electrons. The van der Waals surface area contributed by atoms with Gasteiger partial charge in [0.15, 0.2) is 11.7 Å². The van der Waals surface area contributed by atoms with Crippen LogP contribution in [0.25, 0.3) is 0 Å². The van der Waals surface area contributed by atoms with Crippen LogP contribution in [0, 0.1) is 5.92 Å². The number of rotatable bonds is 12. The molecule has 2 N–H and O–H groups in total. The first-order chi connectivity index (χ1) is 29.1. The first kappa shape index (κ1) is 37.3. The van der Waals surface area contributed by atoms with Gasteiger partial charge in [-0.15, -0.1) is 0 Å². The van der Waals surface area contributed by atoms with Crippen molar-refractivity contribution < 1.29 is 0 Å².